The number of carboxylic acids is 1. The lowest BCUT2D eigenvalue weighted by atomic mass is 10.1. The lowest BCUT2D eigenvalue weighted by molar-refractivity contribution is -0.139. The van der Waals surface area contributed by atoms with Gasteiger partial charge in [-0.25, -0.2) is 9.18 Å². The number of rotatable bonds is 5. The molecule has 1 rings (SSSR count). The number of nitrogens with one attached hydrogen (secondary N) is 1. The molecule has 0 saturated heterocycles. The van der Waals surface area contributed by atoms with E-state index in [2.05, 4.69) is 21.2 Å². The van der Waals surface area contributed by atoms with Crippen molar-refractivity contribution in [2.45, 2.75) is 25.8 Å². The van der Waals surface area contributed by atoms with Crippen LogP contribution in [0.15, 0.2) is 22.7 Å². The highest BCUT2D eigenvalue weighted by atomic mass is 79.9. The summed E-state index contributed by atoms with van der Waals surface area (Å²) in [6, 6.07) is 2.94. The number of benzene rings is 1. The summed E-state index contributed by atoms with van der Waals surface area (Å²) in [6.45, 7) is 1.82. The molecule has 0 aromatic heterocycles. The first-order chi connectivity index (χ1) is 8.45. The van der Waals surface area contributed by atoms with Crippen LogP contribution in [0, 0.1) is 5.82 Å². The van der Waals surface area contributed by atoms with Crippen molar-refractivity contribution in [1.29, 1.82) is 0 Å². The van der Waals surface area contributed by atoms with Crippen LogP contribution in [0.4, 0.5) is 4.39 Å². The van der Waals surface area contributed by atoms with E-state index in [4.69, 9.17) is 5.11 Å². The van der Waals surface area contributed by atoms with Crippen molar-refractivity contribution in [2.75, 3.05) is 0 Å². The summed E-state index contributed by atoms with van der Waals surface area (Å²) in [6.07, 6.45) is 0.964. The predicted octanol–water partition coefficient (Wildman–Crippen LogP) is 2.57. The molecule has 1 unspecified atom stereocenters. The van der Waals surface area contributed by atoms with Crippen LogP contribution in [-0.4, -0.2) is 23.0 Å². The highest BCUT2D eigenvalue weighted by Gasteiger charge is 2.19. The molecule has 1 amide bonds. The van der Waals surface area contributed by atoms with E-state index >= 15 is 0 Å². The standard InChI is InChI=1S/C12H13BrFNO3/c1-2-3-10(12(17)18)15-11(16)7-4-5-8(13)9(14)6-7/h4-6,10H,2-3H2,1H3,(H,15,16)(H,17,18). The molecule has 0 aliphatic heterocycles. The Balaban J connectivity index is 2.80. The topological polar surface area (TPSA) is 66.4 Å². The average Bonchev–Trinajstić information content (AvgIpc) is 2.31. The van der Waals surface area contributed by atoms with Crippen LogP contribution in [0.2, 0.25) is 0 Å². The van der Waals surface area contributed by atoms with E-state index in [1.165, 1.54) is 12.1 Å². The van der Waals surface area contributed by atoms with Crippen LogP contribution in [0.25, 0.3) is 0 Å². The van der Waals surface area contributed by atoms with Crippen LogP contribution in [0.1, 0.15) is 30.1 Å². The molecule has 0 saturated carbocycles. The SMILES string of the molecule is CCCC(NC(=O)c1ccc(Br)c(F)c1)C(=O)O. The Labute approximate surface area is 112 Å². The van der Waals surface area contributed by atoms with Crippen molar-refractivity contribution in [2.24, 2.45) is 0 Å². The van der Waals surface area contributed by atoms with Gasteiger partial charge in [0.1, 0.15) is 11.9 Å². The highest BCUT2D eigenvalue weighted by Crippen LogP contribution is 2.16. The van der Waals surface area contributed by atoms with Gasteiger partial charge in [-0.1, -0.05) is 13.3 Å². The van der Waals surface area contributed by atoms with E-state index in [1.807, 2.05) is 6.92 Å². The van der Waals surface area contributed by atoms with Gasteiger partial charge in [0, 0.05) is 5.56 Å². The maximum Gasteiger partial charge on any atom is 0.326 e. The Morgan fingerprint density at radius 1 is 1.50 bits per heavy atom. The van der Waals surface area contributed by atoms with Crippen molar-refractivity contribution < 1.29 is 19.1 Å². The fraction of sp³-hybridized carbons (Fsp3) is 0.333. The molecule has 0 fully saturated rings. The van der Waals surface area contributed by atoms with Gasteiger partial charge in [0.05, 0.1) is 4.47 Å². The Bertz CT molecular complexity index is 465. The molecule has 2 N–H and O–H groups in total. The molecule has 0 aliphatic carbocycles. The minimum Gasteiger partial charge on any atom is -0.480 e. The van der Waals surface area contributed by atoms with Crippen LogP contribution in [0.3, 0.4) is 0 Å². The molecule has 0 spiro atoms. The number of carbonyl (C=O) groups excluding carboxylic acids is 1. The summed E-state index contributed by atoms with van der Waals surface area (Å²) in [7, 11) is 0. The molecule has 18 heavy (non-hydrogen) atoms. The van der Waals surface area contributed by atoms with Gasteiger partial charge in [0.25, 0.3) is 5.91 Å². The van der Waals surface area contributed by atoms with Crippen LogP contribution in [-0.2, 0) is 4.79 Å². The molecule has 6 heteroatoms. The molecule has 1 atom stereocenters. The van der Waals surface area contributed by atoms with Crippen molar-refractivity contribution in [1.82, 2.24) is 5.32 Å². The molecule has 0 aliphatic rings. The van der Waals surface area contributed by atoms with Gasteiger partial charge in [0.15, 0.2) is 0 Å². The van der Waals surface area contributed by atoms with E-state index in [-0.39, 0.29) is 10.0 Å². The summed E-state index contributed by atoms with van der Waals surface area (Å²) >= 11 is 2.98. The monoisotopic (exact) mass is 317 g/mol. The second-order valence-electron chi connectivity index (χ2n) is 3.78. The molecular formula is C12H13BrFNO3. The Morgan fingerprint density at radius 3 is 2.67 bits per heavy atom. The predicted molar refractivity (Wildman–Crippen MR) is 67.9 cm³/mol. The molecule has 1 aromatic rings. The number of aliphatic carboxylic acids is 1. The maximum atomic E-state index is 13.2. The number of amides is 1. The molecule has 1 aromatic carbocycles. The molecule has 0 heterocycles. The fourth-order valence-electron chi connectivity index (χ4n) is 1.43. The Kier molecular flexibility index (Phi) is 5.27. The van der Waals surface area contributed by atoms with Crippen LogP contribution < -0.4 is 5.32 Å². The molecule has 98 valence electrons. The number of halogens is 2. The lowest BCUT2D eigenvalue weighted by Crippen LogP contribution is -2.40. The van der Waals surface area contributed by atoms with Gasteiger partial charge in [-0.05, 0) is 40.5 Å². The number of carboxylic acid groups (broad SMARTS) is 1. The van der Waals surface area contributed by atoms with Gasteiger partial charge in [-0.15, -0.1) is 0 Å². The van der Waals surface area contributed by atoms with Crippen molar-refractivity contribution >= 4 is 27.8 Å². The summed E-state index contributed by atoms with van der Waals surface area (Å²) in [4.78, 5) is 22.6. The van der Waals surface area contributed by atoms with Crippen LogP contribution in [0.5, 0.6) is 0 Å². The van der Waals surface area contributed by atoms with Crippen molar-refractivity contribution in [3.63, 3.8) is 0 Å². The quantitative estimate of drug-likeness (QED) is 0.877. The van der Waals surface area contributed by atoms with Crippen LogP contribution >= 0.6 is 15.9 Å². The van der Waals surface area contributed by atoms with Gasteiger partial charge < -0.3 is 10.4 Å². The summed E-state index contributed by atoms with van der Waals surface area (Å²) in [5.74, 6) is -2.25. The number of hydrogen-bond acceptors (Lipinski definition) is 2. The molecule has 4 nitrogen and oxygen atoms in total. The Morgan fingerprint density at radius 2 is 2.17 bits per heavy atom. The van der Waals surface area contributed by atoms with Gasteiger partial charge >= 0.3 is 5.97 Å². The highest BCUT2D eigenvalue weighted by molar-refractivity contribution is 9.10. The first-order valence-corrected chi connectivity index (χ1v) is 6.23. The first-order valence-electron chi connectivity index (χ1n) is 5.44. The maximum absolute atomic E-state index is 13.2. The molecule has 0 bridgehead atoms. The Hall–Kier alpha value is -1.43. The normalized spacial score (nSPS) is 11.9. The van der Waals surface area contributed by atoms with Gasteiger partial charge in [-0.3, -0.25) is 4.79 Å². The van der Waals surface area contributed by atoms with E-state index in [9.17, 15) is 14.0 Å². The third-order valence-electron chi connectivity index (χ3n) is 2.36. The van der Waals surface area contributed by atoms with E-state index in [0.717, 1.165) is 6.07 Å². The zero-order chi connectivity index (χ0) is 13.7. The summed E-state index contributed by atoms with van der Waals surface area (Å²) in [5.41, 5.74) is 0.0954. The number of carbonyl (C=O) groups is 2. The zero-order valence-corrected chi connectivity index (χ0v) is 11.3. The third kappa shape index (κ3) is 3.80. The van der Waals surface area contributed by atoms with Gasteiger partial charge in [0.2, 0.25) is 0 Å². The average molecular weight is 318 g/mol. The lowest BCUT2D eigenvalue weighted by Gasteiger charge is -2.13. The second-order valence-corrected chi connectivity index (χ2v) is 4.64. The molecular weight excluding hydrogens is 305 g/mol. The summed E-state index contributed by atoms with van der Waals surface area (Å²) in [5, 5.41) is 11.3. The minimum absolute atomic E-state index is 0.0954. The number of hydrogen-bond donors (Lipinski definition) is 2. The second kappa shape index (κ2) is 6.49. The fourth-order valence-corrected chi connectivity index (χ4v) is 1.67. The summed E-state index contributed by atoms with van der Waals surface area (Å²) < 4.78 is 13.5. The minimum atomic E-state index is -1.09. The van der Waals surface area contributed by atoms with Crippen molar-refractivity contribution in [3.05, 3.63) is 34.1 Å². The smallest absolute Gasteiger partial charge is 0.326 e. The third-order valence-corrected chi connectivity index (χ3v) is 3.01. The zero-order valence-electron chi connectivity index (χ0n) is 9.74. The van der Waals surface area contributed by atoms with Gasteiger partial charge in [-0.2, -0.15) is 0 Å². The van der Waals surface area contributed by atoms with Crippen molar-refractivity contribution in [3.8, 4) is 0 Å². The molecule has 0 radical (unpaired) electrons. The van der Waals surface area contributed by atoms with E-state index in [1.54, 1.807) is 0 Å². The first kappa shape index (κ1) is 14.6. The van der Waals surface area contributed by atoms with E-state index in [0.29, 0.717) is 12.8 Å². The van der Waals surface area contributed by atoms with E-state index < -0.39 is 23.7 Å². The largest absolute Gasteiger partial charge is 0.480 e.